The summed E-state index contributed by atoms with van der Waals surface area (Å²) in [6.07, 6.45) is 4.51. The summed E-state index contributed by atoms with van der Waals surface area (Å²) in [7, 11) is 0. The first-order valence-corrected chi connectivity index (χ1v) is 7.12. The minimum atomic E-state index is 0.0348. The average molecular weight is 261 g/mol. The SMILES string of the molecule is Cc1ccc(C)c(C(=O)N(CCO)C2CCCC2)c1. The lowest BCUT2D eigenvalue weighted by atomic mass is 10.0. The van der Waals surface area contributed by atoms with E-state index in [1.165, 1.54) is 12.8 Å². The number of carbonyl (C=O) groups excluding carboxylic acids is 1. The number of hydrogen-bond acceptors (Lipinski definition) is 2. The van der Waals surface area contributed by atoms with Crippen LogP contribution in [0.25, 0.3) is 0 Å². The molecule has 1 aromatic rings. The van der Waals surface area contributed by atoms with Crippen LogP contribution in [0, 0.1) is 13.8 Å². The van der Waals surface area contributed by atoms with Crippen LogP contribution in [0.5, 0.6) is 0 Å². The fourth-order valence-electron chi connectivity index (χ4n) is 2.89. The van der Waals surface area contributed by atoms with E-state index in [2.05, 4.69) is 0 Å². The Hall–Kier alpha value is -1.35. The van der Waals surface area contributed by atoms with Gasteiger partial charge in [-0.3, -0.25) is 4.79 Å². The maximum atomic E-state index is 12.7. The van der Waals surface area contributed by atoms with Crippen molar-refractivity contribution in [3.63, 3.8) is 0 Å². The first-order valence-electron chi connectivity index (χ1n) is 7.12. The standard InChI is InChI=1S/C16H23NO2/c1-12-7-8-13(2)15(11-12)16(19)17(9-10-18)14-5-3-4-6-14/h7-8,11,14,18H,3-6,9-10H2,1-2H3. The number of hydrogen-bond donors (Lipinski definition) is 1. The number of rotatable bonds is 4. The molecule has 1 N–H and O–H groups in total. The lowest BCUT2D eigenvalue weighted by Gasteiger charge is -2.29. The molecule has 1 aromatic carbocycles. The van der Waals surface area contributed by atoms with Gasteiger partial charge in [0.25, 0.3) is 5.91 Å². The number of aliphatic hydroxyl groups excluding tert-OH is 1. The lowest BCUT2D eigenvalue weighted by Crippen LogP contribution is -2.41. The van der Waals surface area contributed by atoms with Gasteiger partial charge in [-0.15, -0.1) is 0 Å². The topological polar surface area (TPSA) is 40.5 Å². The molecule has 0 aromatic heterocycles. The minimum Gasteiger partial charge on any atom is -0.395 e. The highest BCUT2D eigenvalue weighted by molar-refractivity contribution is 5.96. The van der Waals surface area contributed by atoms with Gasteiger partial charge in [-0.25, -0.2) is 0 Å². The summed E-state index contributed by atoms with van der Waals surface area (Å²) in [6, 6.07) is 6.28. The van der Waals surface area contributed by atoms with E-state index in [9.17, 15) is 9.90 Å². The number of benzene rings is 1. The van der Waals surface area contributed by atoms with Crippen molar-refractivity contribution < 1.29 is 9.90 Å². The number of aryl methyl sites for hydroxylation is 2. The molecule has 104 valence electrons. The molecule has 0 radical (unpaired) electrons. The zero-order valence-electron chi connectivity index (χ0n) is 11.9. The highest BCUT2D eigenvalue weighted by Gasteiger charge is 2.27. The molecule has 0 atom stereocenters. The molecule has 1 fully saturated rings. The summed E-state index contributed by atoms with van der Waals surface area (Å²) in [4.78, 5) is 14.6. The van der Waals surface area contributed by atoms with E-state index in [0.29, 0.717) is 12.6 Å². The maximum Gasteiger partial charge on any atom is 0.254 e. The molecule has 1 aliphatic carbocycles. The van der Waals surface area contributed by atoms with Gasteiger partial charge in [0.2, 0.25) is 0 Å². The van der Waals surface area contributed by atoms with Crippen molar-refractivity contribution in [2.24, 2.45) is 0 Å². The van der Waals surface area contributed by atoms with E-state index < -0.39 is 0 Å². The fraction of sp³-hybridized carbons (Fsp3) is 0.562. The van der Waals surface area contributed by atoms with Crippen molar-refractivity contribution in [3.8, 4) is 0 Å². The van der Waals surface area contributed by atoms with Crippen molar-refractivity contribution >= 4 is 5.91 Å². The van der Waals surface area contributed by atoms with Gasteiger partial charge in [-0.05, 0) is 38.3 Å². The molecule has 2 rings (SSSR count). The van der Waals surface area contributed by atoms with Crippen LogP contribution < -0.4 is 0 Å². The predicted molar refractivity (Wildman–Crippen MR) is 76.3 cm³/mol. The van der Waals surface area contributed by atoms with Crippen LogP contribution in [-0.2, 0) is 0 Å². The van der Waals surface area contributed by atoms with E-state index in [4.69, 9.17) is 0 Å². The number of aliphatic hydroxyl groups is 1. The number of amides is 1. The van der Waals surface area contributed by atoms with Crippen molar-refractivity contribution in [3.05, 3.63) is 34.9 Å². The third-order valence-corrected chi connectivity index (χ3v) is 3.99. The quantitative estimate of drug-likeness (QED) is 0.905. The Morgan fingerprint density at radius 1 is 1.32 bits per heavy atom. The Bertz CT molecular complexity index is 450. The summed E-state index contributed by atoms with van der Waals surface area (Å²) in [6.45, 7) is 4.45. The predicted octanol–water partition coefficient (Wildman–Crippen LogP) is 2.68. The molecule has 1 amide bonds. The smallest absolute Gasteiger partial charge is 0.254 e. The largest absolute Gasteiger partial charge is 0.395 e. The Labute approximate surface area is 115 Å². The zero-order valence-corrected chi connectivity index (χ0v) is 11.9. The lowest BCUT2D eigenvalue weighted by molar-refractivity contribution is 0.0637. The number of carbonyl (C=O) groups is 1. The van der Waals surface area contributed by atoms with Crippen molar-refractivity contribution in [1.29, 1.82) is 0 Å². The molecule has 0 unspecified atom stereocenters. The number of nitrogens with zero attached hydrogens (tertiary/aromatic N) is 1. The Morgan fingerprint density at radius 3 is 2.63 bits per heavy atom. The Balaban J connectivity index is 2.25. The van der Waals surface area contributed by atoms with Gasteiger partial charge >= 0.3 is 0 Å². The summed E-state index contributed by atoms with van der Waals surface area (Å²) < 4.78 is 0. The molecule has 0 spiro atoms. The second kappa shape index (κ2) is 6.20. The van der Waals surface area contributed by atoms with Crippen LogP contribution in [0.15, 0.2) is 18.2 Å². The van der Waals surface area contributed by atoms with E-state index in [0.717, 1.165) is 29.5 Å². The van der Waals surface area contributed by atoms with E-state index in [-0.39, 0.29) is 12.5 Å². The van der Waals surface area contributed by atoms with Gasteiger partial charge < -0.3 is 10.0 Å². The van der Waals surface area contributed by atoms with Crippen molar-refractivity contribution in [2.45, 2.75) is 45.6 Å². The van der Waals surface area contributed by atoms with Crippen LogP contribution in [0.2, 0.25) is 0 Å². The molecule has 1 aliphatic rings. The van der Waals surface area contributed by atoms with Gasteiger partial charge in [0.05, 0.1) is 6.61 Å². The molecule has 1 saturated carbocycles. The van der Waals surface area contributed by atoms with Crippen LogP contribution >= 0.6 is 0 Å². The van der Waals surface area contributed by atoms with Gasteiger partial charge in [-0.2, -0.15) is 0 Å². The van der Waals surface area contributed by atoms with E-state index in [1.807, 2.05) is 36.9 Å². The summed E-state index contributed by atoms with van der Waals surface area (Å²) in [5.41, 5.74) is 2.89. The van der Waals surface area contributed by atoms with E-state index >= 15 is 0 Å². The van der Waals surface area contributed by atoms with Gasteiger partial charge in [0.1, 0.15) is 0 Å². The van der Waals surface area contributed by atoms with Crippen LogP contribution in [0.1, 0.15) is 47.2 Å². The van der Waals surface area contributed by atoms with Gasteiger partial charge in [-0.1, -0.05) is 30.5 Å². The molecule has 0 heterocycles. The highest BCUT2D eigenvalue weighted by atomic mass is 16.3. The molecule has 0 bridgehead atoms. The molecular formula is C16H23NO2. The molecule has 3 nitrogen and oxygen atoms in total. The first kappa shape index (κ1) is 14.1. The second-order valence-corrected chi connectivity index (χ2v) is 5.48. The Kier molecular flexibility index (Phi) is 4.59. The summed E-state index contributed by atoms with van der Waals surface area (Å²) in [5, 5.41) is 9.22. The fourth-order valence-corrected chi connectivity index (χ4v) is 2.89. The van der Waals surface area contributed by atoms with Crippen LogP contribution in [-0.4, -0.2) is 35.1 Å². The van der Waals surface area contributed by atoms with Crippen LogP contribution in [0.4, 0.5) is 0 Å². The second-order valence-electron chi connectivity index (χ2n) is 5.48. The van der Waals surface area contributed by atoms with Gasteiger partial charge in [0.15, 0.2) is 0 Å². The normalized spacial score (nSPS) is 15.7. The van der Waals surface area contributed by atoms with Crippen molar-refractivity contribution in [1.82, 2.24) is 4.90 Å². The summed E-state index contributed by atoms with van der Waals surface area (Å²) in [5.74, 6) is 0.0714. The van der Waals surface area contributed by atoms with E-state index in [1.54, 1.807) is 0 Å². The van der Waals surface area contributed by atoms with Crippen molar-refractivity contribution in [2.75, 3.05) is 13.2 Å². The molecule has 3 heteroatoms. The molecular weight excluding hydrogens is 238 g/mol. The highest BCUT2D eigenvalue weighted by Crippen LogP contribution is 2.25. The molecule has 19 heavy (non-hydrogen) atoms. The average Bonchev–Trinajstić information content (AvgIpc) is 2.92. The third kappa shape index (κ3) is 3.16. The minimum absolute atomic E-state index is 0.0348. The first-order chi connectivity index (χ1) is 9.13. The molecule has 0 saturated heterocycles. The zero-order chi connectivity index (χ0) is 13.8. The van der Waals surface area contributed by atoms with Crippen LogP contribution in [0.3, 0.4) is 0 Å². The third-order valence-electron chi connectivity index (χ3n) is 3.99. The van der Waals surface area contributed by atoms with Gasteiger partial charge in [0, 0.05) is 18.2 Å². The Morgan fingerprint density at radius 2 is 2.00 bits per heavy atom. The molecule has 0 aliphatic heterocycles. The summed E-state index contributed by atoms with van der Waals surface area (Å²) >= 11 is 0. The maximum absolute atomic E-state index is 12.7. The monoisotopic (exact) mass is 261 g/mol.